The Labute approximate surface area is 284 Å². The molecule has 0 unspecified atom stereocenters. The summed E-state index contributed by atoms with van der Waals surface area (Å²) in [5.41, 5.74) is 1.22. The third kappa shape index (κ3) is 9.14. The van der Waals surface area contributed by atoms with Crippen LogP contribution >= 0.6 is 0 Å². The van der Waals surface area contributed by atoms with Crippen LogP contribution in [0.3, 0.4) is 0 Å². The fraction of sp³-hybridized carbons (Fsp3) is 0.515. The van der Waals surface area contributed by atoms with Gasteiger partial charge in [0.1, 0.15) is 5.75 Å². The average Bonchev–Trinajstić information content (AvgIpc) is 3.49. The molecule has 2 heterocycles. The monoisotopic (exact) mass is 705 g/mol. The molecule has 2 N–H and O–H groups in total. The number of aliphatic hydroxyl groups is 1. The molecule has 1 aliphatic rings. The Balaban J connectivity index is 1.68. The van der Waals surface area contributed by atoms with Crippen LogP contribution in [0.15, 0.2) is 64.9 Å². The number of hydrogen-bond donors (Lipinski definition) is 2. The maximum absolute atomic E-state index is 14.4. The van der Waals surface area contributed by atoms with Crippen molar-refractivity contribution in [2.75, 3.05) is 38.1 Å². The van der Waals surface area contributed by atoms with Crippen LogP contribution in [0.1, 0.15) is 56.0 Å². The number of hydrogen-bond acceptors (Lipinski definition) is 9. The van der Waals surface area contributed by atoms with E-state index in [2.05, 4.69) is 9.71 Å². The first-order valence-corrected chi connectivity index (χ1v) is 18.9. The summed E-state index contributed by atoms with van der Waals surface area (Å²) in [5, 5.41) is 10.1. The molecule has 15 heteroatoms. The van der Waals surface area contributed by atoms with E-state index in [1.54, 1.807) is 42.8 Å². The number of aliphatic hydroxyl groups excluding tert-OH is 1. The normalized spacial score (nSPS) is 20.9. The molecule has 1 aliphatic heterocycles. The lowest BCUT2D eigenvalue weighted by Gasteiger charge is -2.35. The lowest BCUT2D eigenvalue weighted by molar-refractivity contribution is -0.00835. The van der Waals surface area contributed by atoms with Crippen molar-refractivity contribution in [1.29, 1.82) is 0 Å². The summed E-state index contributed by atoms with van der Waals surface area (Å²) in [4.78, 5) is 19.9. The summed E-state index contributed by atoms with van der Waals surface area (Å²) in [6.07, 6.45) is 4.10. The summed E-state index contributed by atoms with van der Waals surface area (Å²) >= 11 is 0. The van der Waals surface area contributed by atoms with E-state index < -0.39 is 38.1 Å². The number of ether oxygens (including phenoxy) is 2. The van der Waals surface area contributed by atoms with E-state index in [9.17, 15) is 26.7 Å². The first-order chi connectivity index (χ1) is 22.6. The molecule has 48 heavy (non-hydrogen) atoms. The van der Waals surface area contributed by atoms with Gasteiger partial charge in [-0.15, -0.1) is 0 Å². The zero-order chi connectivity index (χ0) is 35.2. The molecule has 4 rings (SSSR count). The van der Waals surface area contributed by atoms with Gasteiger partial charge in [-0.2, -0.15) is 4.31 Å². The van der Waals surface area contributed by atoms with E-state index in [1.807, 2.05) is 20.8 Å². The van der Waals surface area contributed by atoms with E-state index in [0.29, 0.717) is 25.2 Å². The fourth-order valence-corrected chi connectivity index (χ4v) is 7.61. The number of anilines is 1. The van der Waals surface area contributed by atoms with Gasteiger partial charge in [0.05, 0.1) is 41.6 Å². The molecular weight excluding hydrogens is 659 g/mol. The number of likely N-dealkylation sites (N-methyl/N-ethyl adjacent to an activating group) is 1. The van der Waals surface area contributed by atoms with E-state index in [4.69, 9.17) is 9.47 Å². The largest absolute Gasteiger partial charge is 0.490 e. The molecule has 0 aliphatic carbocycles. The van der Waals surface area contributed by atoms with Crippen molar-refractivity contribution >= 4 is 31.6 Å². The van der Waals surface area contributed by atoms with Crippen LogP contribution in [-0.2, 0) is 31.8 Å². The van der Waals surface area contributed by atoms with Crippen molar-refractivity contribution in [2.45, 2.75) is 75.1 Å². The molecule has 4 atom stereocenters. The zero-order valence-electron chi connectivity index (χ0n) is 28.4. The average molecular weight is 706 g/mol. The highest BCUT2D eigenvalue weighted by Crippen LogP contribution is 2.30. The van der Waals surface area contributed by atoms with Crippen LogP contribution < -0.4 is 9.46 Å². The Kier molecular flexibility index (Phi) is 12.3. The van der Waals surface area contributed by atoms with Crippen LogP contribution in [0.5, 0.6) is 5.75 Å². The standard InChI is InChI=1S/C33H47N5O8S2/c1-23-10-13-28(14-11-23)47(41,42)35-27-12-15-30-29(17-27)33(40)38(25(3)21-39)18-24(2)31(45-16-8-7-9-26(4)46-30)19-37(6)48(43,44)32-20-36(5)22-34-32/h10-15,17,20,22,24-26,31,35,39H,7-9,16,18-19,21H2,1-6H3/t24-,25-,26-,31-/m0/s1. The van der Waals surface area contributed by atoms with Gasteiger partial charge in [-0.05, 0) is 70.4 Å². The number of carbonyl (C=O) groups is 1. The summed E-state index contributed by atoms with van der Waals surface area (Å²) in [6.45, 7) is 7.48. The number of aryl methyl sites for hydroxylation is 2. The van der Waals surface area contributed by atoms with Crippen LogP contribution in [0.2, 0.25) is 0 Å². The zero-order valence-corrected chi connectivity index (χ0v) is 30.0. The van der Waals surface area contributed by atoms with Gasteiger partial charge in [0, 0.05) is 51.6 Å². The van der Waals surface area contributed by atoms with E-state index in [0.717, 1.165) is 12.0 Å². The number of fused-ring (bicyclic) bond motifs is 1. The highest BCUT2D eigenvalue weighted by Gasteiger charge is 2.33. The van der Waals surface area contributed by atoms with Gasteiger partial charge >= 0.3 is 0 Å². The maximum Gasteiger partial charge on any atom is 0.261 e. The predicted octanol–water partition coefficient (Wildman–Crippen LogP) is 3.65. The molecule has 264 valence electrons. The number of sulfonamides is 2. The van der Waals surface area contributed by atoms with Gasteiger partial charge in [-0.3, -0.25) is 9.52 Å². The van der Waals surface area contributed by atoms with Gasteiger partial charge in [0.2, 0.25) is 0 Å². The molecule has 1 aromatic heterocycles. The molecule has 13 nitrogen and oxygen atoms in total. The molecule has 0 saturated carbocycles. The van der Waals surface area contributed by atoms with E-state index >= 15 is 0 Å². The molecule has 0 radical (unpaired) electrons. The van der Waals surface area contributed by atoms with Gasteiger partial charge in [-0.1, -0.05) is 24.6 Å². The van der Waals surface area contributed by atoms with Crippen molar-refractivity contribution < 1.29 is 36.2 Å². The van der Waals surface area contributed by atoms with Gasteiger partial charge in [-0.25, -0.2) is 21.8 Å². The first-order valence-electron chi connectivity index (χ1n) is 16.0. The smallest absolute Gasteiger partial charge is 0.261 e. The highest BCUT2D eigenvalue weighted by molar-refractivity contribution is 7.92. The number of carbonyl (C=O) groups excluding carboxylic acids is 1. The molecule has 1 amide bonds. The van der Waals surface area contributed by atoms with Gasteiger partial charge in [0.25, 0.3) is 26.0 Å². The van der Waals surface area contributed by atoms with Gasteiger partial charge in [0.15, 0.2) is 5.03 Å². The Morgan fingerprint density at radius 1 is 1.10 bits per heavy atom. The minimum atomic E-state index is -3.96. The van der Waals surface area contributed by atoms with Gasteiger partial charge < -0.3 is 24.0 Å². The maximum atomic E-state index is 14.4. The number of rotatable bonds is 9. The Hall–Kier alpha value is -3.50. The van der Waals surface area contributed by atoms with Crippen molar-refractivity contribution in [3.8, 4) is 5.75 Å². The second-order valence-corrected chi connectivity index (χ2v) is 16.3. The summed E-state index contributed by atoms with van der Waals surface area (Å²) in [7, 11) is -4.71. The summed E-state index contributed by atoms with van der Waals surface area (Å²) in [6, 6.07) is 10.4. The number of nitrogens with one attached hydrogen (secondary N) is 1. The lowest BCUT2D eigenvalue weighted by atomic mass is 10.0. The van der Waals surface area contributed by atoms with E-state index in [1.165, 1.54) is 47.0 Å². The summed E-state index contributed by atoms with van der Waals surface area (Å²) in [5.74, 6) is -0.564. The second-order valence-electron chi connectivity index (χ2n) is 12.6. The first kappa shape index (κ1) is 37.3. The molecule has 2 aromatic carbocycles. The minimum Gasteiger partial charge on any atom is -0.490 e. The van der Waals surface area contributed by atoms with Crippen molar-refractivity contribution in [3.63, 3.8) is 0 Å². The number of imidazole rings is 1. The molecule has 0 saturated heterocycles. The van der Waals surface area contributed by atoms with Crippen molar-refractivity contribution in [3.05, 3.63) is 66.1 Å². The third-order valence-electron chi connectivity index (χ3n) is 8.43. The van der Waals surface area contributed by atoms with Crippen molar-refractivity contribution in [1.82, 2.24) is 18.8 Å². The van der Waals surface area contributed by atoms with Crippen LogP contribution in [0.25, 0.3) is 0 Å². The van der Waals surface area contributed by atoms with E-state index in [-0.39, 0.29) is 52.9 Å². The predicted molar refractivity (Wildman–Crippen MR) is 182 cm³/mol. The number of amides is 1. The number of nitrogens with zero attached hydrogens (tertiary/aromatic N) is 4. The summed E-state index contributed by atoms with van der Waals surface area (Å²) < 4.78 is 70.9. The van der Waals surface area contributed by atoms with Crippen LogP contribution in [0, 0.1) is 12.8 Å². The molecule has 0 fully saturated rings. The Morgan fingerprint density at radius 2 is 1.81 bits per heavy atom. The Morgan fingerprint density at radius 3 is 2.46 bits per heavy atom. The third-order valence-corrected chi connectivity index (χ3v) is 11.5. The van der Waals surface area contributed by atoms with Crippen molar-refractivity contribution in [2.24, 2.45) is 13.0 Å². The number of benzene rings is 2. The van der Waals surface area contributed by atoms with Crippen LogP contribution in [0.4, 0.5) is 5.69 Å². The minimum absolute atomic E-state index is 0.0106. The quantitative estimate of drug-likeness (QED) is 0.339. The molecule has 0 bridgehead atoms. The molecule has 3 aromatic rings. The topological polar surface area (TPSA) is 160 Å². The number of aromatic nitrogens is 2. The highest BCUT2D eigenvalue weighted by atomic mass is 32.2. The molecule has 0 spiro atoms. The second kappa shape index (κ2) is 15.8. The Bertz CT molecular complexity index is 1760. The SMILES string of the molecule is Cc1ccc(S(=O)(=O)Nc2ccc3c(c2)C(=O)N([C@@H](C)CO)C[C@H](C)[C@H](CN(C)S(=O)(=O)c2cn(C)cn2)OCCCC[C@H](C)O3)cc1. The van der Waals surface area contributed by atoms with Crippen LogP contribution in [-0.4, -0.2) is 98.2 Å². The fourth-order valence-electron chi connectivity index (χ4n) is 5.41. The lowest BCUT2D eigenvalue weighted by Crippen LogP contribution is -2.48. The molecular formula is C33H47N5O8S2.